The Bertz CT molecular complexity index is 380. The van der Waals surface area contributed by atoms with Gasteiger partial charge in [-0.15, -0.1) is 0 Å². The van der Waals surface area contributed by atoms with Crippen LogP contribution in [0.15, 0.2) is 18.3 Å². The van der Waals surface area contributed by atoms with Gasteiger partial charge >= 0.3 is 5.97 Å². The zero-order chi connectivity index (χ0) is 12.9. The molecule has 0 N–H and O–H groups in total. The maximum atomic E-state index is 12.0. The molecule has 0 atom stereocenters. The summed E-state index contributed by atoms with van der Waals surface area (Å²) in [4.78, 5) is 16.2. The normalized spacial score (nSPS) is 11.3. The Morgan fingerprint density at radius 3 is 2.71 bits per heavy atom. The van der Waals surface area contributed by atoms with Gasteiger partial charge < -0.3 is 4.74 Å². The summed E-state index contributed by atoms with van der Waals surface area (Å²) in [5.74, 6) is -0.281. The maximum Gasteiger partial charge on any atom is 0.340 e. The van der Waals surface area contributed by atoms with E-state index in [1.807, 2.05) is 20.8 Å². The molecule has 3 heteroatoms. The molecule has 0 saturated heterocycles. The smallest absolute Gasteiger partial charge is 0.340 e. The van der Waals surface area contributed by atoms with Gasteiger partial charge in [-0.2, -0.15) is 0 Å². The number of unbranched alkanes of at least 4 members (excludes halogenated alkanes) is 1. The second-order valence-corrected chi connectivity index (χ2v) is 5.10. The molecule has 0 saturated carbocycles. The van der Waals surface area contributed by atoms with Crippen LogP contribution in [0.5, 0.6) is 0 Å². The average Bonchev–Trinajstić information content (AvgIpc) is 2.24. The van der Waals surface area contributed by atoms with E-state index in [9.17, 15) is 4.79 Å². The van der Waals surface area contributed by atoms with Crippen LogP contribution in [-0.4, -0.2) is 16.6 Å². The number of rotatable bonds is 4. The number of nitrogens with zero attached hydrogens (tertiary/aromatic N) is 1. The Hall–Kier alpha value is -1.38. The van der Waals surface area contributed by atoms with Gasteiger partial charge in [0.25, 0.3) is 0 Å². The molecule has 1 aromatic rings. The van der Waals surface area contributed by atoms with E-state index in [4.69, 9.17) is 4.74 Å². The van der Waals surface area contributed by atoms with Crippen molar-refractivity contribution in [2.75, 3.05) is 0 Å². The number of ether oxygens (including phenoxy) is 1. The van der Waals surface area contributed by atoms with Gasteiger partial charge in [0.05, 0.1) is 11.3 Å². The van der Waals surface area contributed by atoms with Gasteiger partial charge in [-0.05, 0) is 45.7 Å². The fourth-order valence-electron chi connectivity index (χ4n) is 1.50. The van der Waals surface area contributed by atoms with Crippen LogP contribution in [-0.2, 0) is 11.2 Å². The van der Waals surface area contributed by atoms with Crippen molar-refractivity contribution in [3.8, 4) is 0 Å². The van der Waals surface area contributed by atoms with Crippen molar-refractivity contribution in [3.63, 3.8) is 0 Å². The first-order valence-corrected chi connectivity index (χ1v) is 6.11. The van der Waals surface area contributed by atoms with E-state index in [0.29, 0.717) is 5.56 Å². The highest BCUT2D eigenvalue weighted by atomic mass is 16.6. The molecule has 0 unspecified atom stereocenters. The second kappa shape index (κ2) is 5.80. The van der Waals surface area contributed by atoms with E-state index in [1.54, 1.807) is 18.3 Å². The molecule has 3 nitrogen and oxygen atoms in total. The Balaban J connectivity index is 2.85. The van der Waals surface area contributed by atoms with Crippen molar-refractivity contribution >= 4 is 5.97 Å². The third kappa shape index (κ3) is 4.55. The molecule has 0 amide bonds. The topological polar surface area (TPSA) is 39.2 Å². The van der Waals surface area contributed by atoms with Crippen molar-refractivity contribution < 1.29 is 9.53 Å². The van der Waals surface area contributed by atoms with Crippen LogP contribution in [0.25, 0.3) is 0 Å². The van der Waals surface area contributed by atoms with Crippen LogP contribution >= 0.6 is 0 Å². The summed E-state index contributed by atoms with van der Waals surface area (Å²) < 4.78 is 5.37. The number of carbonyl (C=O) groups is 1. The third-order valence-electron chi connectivity index (χ3n) is 2.28. The molecule has 1 heterocycles. The quantitative estimate of drug-likeness (QED) is 0.751. The highest BCUT2D eigenvalue weighted by molar-refractivity contribution is 5.90. The SMILES string of the molecule is CCCCc1ncccc1C(=O)OC(C)(C)C. The van der Waals surface area contributed by atoms with E-state index in [2.05, 4.69) is 11.9 Å². The average molecular weight is 235 g/mol. The minimum absolute atomic E-state index is 0.281. The van der Waals surface area contributed by atoms with E-state index >= 15 is 0 Å². The van der Waals surface area contributed by atoms with Gasteiger partial charge in [-0.25, -0.2) is 4.79 Å². The molecular weight excluding hydrogens is 214 g/mol. The Kier molecular flexibility index (Phi) is 4.67. The molecule has 1 aromatic heterocycles. The molecule has 17 heavy (non-hydrogen) atoms. The van der Waals surface area contributed by atoms with Gasteiger partial charge in [-0.3, -0.25) is 4.98 Å². The number of aromatic nitrogens is 1. The van der Waals surface area contributed by atoms with E-state index in [1.165, 1.54) is 0 Å². The lowest BCUT2D eigenvalue weighted by atomic mass is 10.1. The van der Waals surface area contributed by atoms with Crippen molar-refractivity contribution in [1.82, 2.24) is 4.98 Å². The molecule has 0 aliphatic heterocycles. The fourth-order valence-corrected chi connectivity index (χ4v) is 1.50. The van der Waals surface area contributed by atoms with Gasteiger partial charge in [0, 0.05) is 6.20 Å². The highest BCUT2D eigenvalue weighted by Crippen LogP contribution is 2.15. The number of hydrogen-bond donors (Lipinski definition) is 0. The van der Waals surface area contributed by atoms with Crippen molar-refractivity contribution in [2.45, 2.75) is 52.6 Å². The third-order valence-corrected chi connectivity index (χ3v) is 2.28. The monoisotopic (exact) mass is 235 g/mol. The molecule has 0 aliphatic rings. The van der Waals surface area contributed by atoms with Gasteiger partial charge in [0.1, 0.15) is 5.60 Å². The molecule has 94 valence electrons. The standard InChI is InChI=1S/C14H21NO2/c1-5-6-9-12-11(8-7-10-15-12)13(16)17-14(2,3)4/h7-8,10H,5-6,9H2,1-4H3. The first-order chi connectivity index (χ1) is 7.94. The summed E-state index contributed by atoms with van der Waals surface area (Å²) in [6.45, 7) is 7.73. The summed E-state index contributed by atoms with van der Waals surface area (Å²) >= 11 is 0. The molecule has 0 fully saturated rings. The van der Waals surface area contributed by atoms with Crippen LogP contribution in [0.4, 0.5) is 0 Å². The Morgan fingerprint density at radius 2 is 2.12 bits per heavy atom. The summed E-state index contributed by atoms with van der Waals surface area (Å²) in [6, 6.07) is 3.56. The molecule has 0 aliphatic carbocycles. The fraction of sp³-hybridized carbons (Fsp3) is 0.571. The van der Waals surface area contributed by atoms with Crippen molar-refractivity contribution in [1.29, 1.82) is 0 Å². The number of pyridine rings is 1. The number of carbonyl (C=O) groups excluding carboxylic acids is 1. The zero-order valence-electron chi connectivity index (χ0n) is 11.1. The van der Waals surface area contributed by atoms with E-state index < -0.39 is 5.60 Å². The summed E-state index contributed by atoms with van der Waals surface area (Å²) in [5.41, 5.74) is 0.967. The lowest BCUT2D eigenvalue weighted by Crippen LogP contribution is -2.24. The maximum absolute atomic E-state index is 12.0. The second-order valence-electron chi connectivity index (χ2n) is 5.10. The molecule has 0 bridgehead atoms. The lowest BCUT2D eigenvalue weighted by molar-refractivity contribution is 0.00677. The molecule has 1 rings (SSSR count). The van der Waals surface area contributed by atoms with Gasteiger partial charge in [-0.1, -0.05) is 13.3 Å². The predicted octanol–water partition coefficient (Wildman–Crippen LogP) is 3.38. The molecule has 0 spiro atoms. The zero-order valence-corrected chi connectivity index (χ0v) is 11.1. The minimum Gasteiger partial charge on any atom is -0.456 e. The first-order valence-electron chi connectivity index (χ1n) is 6.11. The van der Waals surface area contributed by atoms with Gasteiger partial charge in [0.2, 0.25) is 0 Å². The number of aryl methyl sites for hydroxylation is 1. The van der Waals surface area contributed by atoms with E-state index in [0.717, 1.165) is 25.0 Å². The van der Waals surface area contributed by atoms with Crippen molar-refractivity contribution in [2.24, 2.45) is 0 Å². The largest absolute Gasteiger partial charge is 0.456 e. The molecule has 0 radical (unpaired) electrons. The van der Waals surface area contributed by atoms with E-state index in [-0.39, 0.29) is 5.97 Å². The predicted molar refractivity (Wildman–Crippen MR) is 68.0 cm³/mol. The Morgan fingerprint density at radius 1 is 1.41 bits per heavy atom. The van der Waals surface area contributed by atoms with Crippen LogP contribution < -0.4 is 0 Å². The van der Waals surface area contributed by atoms with Gasteiger partial charge in [0.15, 0.2) is 0 Å². The molecule has 0 aromatic carbocycles. The molecular formula is C14H21NO2. The van der Waals surface area contributed by atoms with Crippen LogP contribution in [0.3, 0.4) is 0 Å². The van der Waals surface area contributed by atoms with Crippen LogP contribution in [0.2, 0.25) is 0 Å². The summed E-state index contributed by atoms with van der Waals surface area (Å²) in [7, 11) is 0. The highest BCUT2D eigenvalue weighted by Gasteiger charge is 2.20. The summed E-state index contributed by atoms with van der Waals surface area (Å²) in [6.07, 6.45) is 4.67. The lowest BCUT2D eigenvalue weighted by Gasteiger charge is -2.20. The number of hydrogen-bond acceptors (Lipinski definition) is 3. The summed E-state index contributed by atoms with van der Waals surface area (Å²) in [5, 5.41) is 0. The van der Waals surface area contributed by atoms with Crippen LogP contribution in [0.1, 0.15) is 56.6 Å². The number of esters is 1. The van der Waals surface area contributed by atoms with Crippen molar-refractivity contribution in [3.05, 3.63) is 29.6 Å². The minimum atomic E-state index is -0.463. The Labute approximate surface area is 103 Å². The van der Waals surface area contributed by atoms with Crippen LogP contribution in [0, 0.1) is 0 Å². The first kappa shape index (κ1) is 13.7.